The summed E-state index contributed by atoms with van der Waals surface area (Å²) in [5.41, 5.74) is 0. The maximum absolute atomic E-state index is 8.24. The van der Waals surface area contributed by atoms with Gasteiger partial charge in [-0.05, 0) is 0 Å². The molecule has 0 aliphatic carbocycles. The van der Waals surface area contributed by atoms with Gasteiger partial charge in [0.2, 0.25) is 0 Å². The monoisotopic (exact) mass is 88.1 g/mol. The van der Waals surface area contributed by atoms with Gasteiger partial charge in [0.15, 0.2) is 0 Å². The van der Waals surface area contributed by atoms with Gasteiger partial charge in [-0.2, -0.15) is 0 Å². The fraction of sp³-hybridized carbons (Fsp3) is 0.667. The normalized spacial score (nSPS) is 9.83. The van der Waals surface area contributed by atoms with Gasteiger partial charge in [0.25, 0.3) is 0 Å². The van der Waals surface area contributed by atoms with E-state index in [1.54, 1.807) is 7.05 Å². The molecule has 0 aromatic rings. The molecule has 1 N–H and O–H groups in total. The average Bonchev–Trinajstić information content (AvgIpc) is 1.35. The minimum absolute atomic E-state index is 0.889. The van der Waals surface area contributed by atoms with Gasteiger partial charge >= 0.3 is 0 Å². The molecule has 0 radical (unpaired) electrons. The number of aliphatic imine (C=N–C) groups is 1. The predicted molar refractivity (Wildman–Crippen MR) is 24.0 cm³/mol. The lowest BCUT2D eigenvalue weighted by atomic mass is 11.1. The standard InChI is InChI=1S/C3H8N2O/c1-4-3-5(2)6/h3,6H,1-2H3/b4-3+. The van der Waals surface area contributed by atoms with Crippen LogP contribution in [0.15, 0.2) is 4.99 Å². The Labute approximate surface area is 36.9 Å². The Morgan fingerprint density at radius 1 is 1.83 bits per heavy atom. The van der Waals surface area contributed by atoms with Crippen molar-refractivity contribution in [2.75, 3.05) is 14.1 Å². The molecule has 0 spiro atoms. The van der Waals surface area contributed by atoms with Crippen molar-refractivity contribution >= 4 is 6.34 Å². The first-order chi connectivity index (χ1) is 2.77. The van der Waals surface area contributed by atoms with E-state index >= 15 is 0 Å². The molecule has 6 heavy (non-hydrogen) atoms. The predicted octanol–water partition coefficient (Wildman–Crippen LogP) is -0.0345. The summed E-state index contributed by atoms with van der Waals surface area (Å²) in [6.07, 6.45) is 1.31. The van der Waals surface area contributed by atoms with Gasteiger partial charge in [0.1, 0.15) is 6.34 Å². The third-order valence-corrected chi connectivity index (χ3v) is 0.283. The van der Waals surface area contributed by atoms with Crippen molar-refractivity contribution in [2.45, 2.75) is 0 Å². The molecule has 0 amide bonds. The summed E-state index contributed by atoms with van der Waals surface area (Å²) in [4.78, 5) is 3.49. The Kier molecular flexibility index (Phi) is 2.40. The molecule has 3 nitrogen and oxygen atoms in total. The van der Waals surface area contributed by atoms with Crippen LogP contribution in [0.2, 0.25) is 0 Å². The second kappa shape index (κ2) is 2.66. The lowest BCUT2D eigenvalue weighted by Gasteiger charge is -1.96. The van der Waals surface area contributed by atoms with E-state index in [4.69, 9.17) is 5.21 Å². The van der Waals surface area contributed by atoms with E-state index in [1.165, 1.54) is 13.4 Å². The first-order valence-electron chi connectivity index (χ1n) is 1.61. The number of hydroxylamine groups is 2. The average molecular weight is 88.1 g/mol. The molecule has 0 rings (SSSR count). The van der Waals surface area contributed by atoms with Crippen LogP contribution in [0.3, 0.4) is 0 Å². The van der Waals surface area contributed by atoms with Gasteiger partial charge in [-0.1, -0.05) is 0 Å². The molecule has 0 heterocycles. The molecule has 0 aliphatic rings. The Hall–Kier alpha value is -0.570. The molecule has 0 fully saturated rings. The van der Waals surface area contributed by atoms with Crippen molar-refractivity contribution in [3.63, 3.8) is 0 Å². The zero-order valence-electron chi connectivity index (χ0n) is 3.92. The van der Waals surface area contributed by atoms with E-state index in [0.717, 1.165) is 5.06 Å². The molecule has 0 atom stereocenters. The Bertz CT molecular complexity index is 50.8. The summed E-state index contributed by atoms with van der Waals surface area (Å²) < 4.78 is 0. The molecule has 0 unspecified atom stereocenters. The van der Waals surface area contributed by atoms with E-state index in [1.807, 2.05) is 0 Å². The molecule has 36 valence electrons. The minimum atomic E-state index is 0.889. The van der Waals surface area contributed by atoms with Crippen molar-refractivity contribution in [1.29, 1.82) is 0 Å². The largest absolute Gasteiger partial charge is 0.288 e. The van der Waals surface area contributed by atoms with E-state index in [9.17, 15) is 0 Å². The van der Waals surface area contributed by atoms with Crippen LogP contribution in [0, 0.1) is 0 Å². The first kappa shape index (κ1) is 5.43. The quantitative estimate of drug-likeness (QED) is 0.277. The van der Waals surface area contributed by atoms with Crippen molar-refractivity contribution in [3.8, 4) is 0 Å². The van der Waals surface area contributed by atoms with Crippen LogP contribution < -0.4 is 0 Å². The summed E-state index contributed by atoms with van der Waals surface area (Å²) in [6.45, 7) is 0. The summed E-state index contributed by atoms with van der Waals surface area (Å²) in [5, 5.41) is 9.13. The summed E-state index contributed by atoms with van der Waals surface area (Å²) in [6, 6.07) is 0. The first-order valence-corrected chi connectivity index (χ1v) is 1.61. The van der Waals surface area contributed by atoms with Gasteiger partial charge in [0.05, 0.1) is 0 Å². The molecular formula is C3H8N2O. The summed E-state index contributed by atoms with van der Waals surface area (Å²) >= 11 is 0. The molecule has 0 aliphatic heterocycles. The highest BCUT2D eigenvalue weighted by atomic mass is 16.5. The molecular weight excluding hydrogens is 80.0 g/mol. The highest BCUT2D eigenvalue weighted by molar-refractivity contribution is 5.51. The lowest BCUT2D eigenvalue weighted by Crippen LogP contribution is -2.07. The maximum Gasteiger partial charge on any atom is 0.109 e. The Morgan fingerprint density at radius 3 is 2.33 bits per heavy atom. The number of hydrogen-bond donors (Lipinski definition) is 1. The number of hydrogen-bond acceptors (Lipinski definition) is 2. The van der Waals surface area contributed by atoms with E-state index in [-0.39, 0.29) is 0 Å². The summed E-state index contributed by atoms with van der Waals surface area (Å²) in [7, 11) is 3.08. The van der Waals surface area contributed by atoms with Crippen molar-refractivity contribution in [1.82, 2.24) is 5.06 Å². The van der Waals surface area contributed by atoms with Crippen LogP contribution in [0.4, 0.5) is 0 Å². The molecule has 0 saturated carbocycles. The van der Waals surface area contributed by atoms with Crippen molar-refractivity contribution in [3.05, 3.63) is 0 Å². The zero-order valence-corrected chi connectivity index (χ0v) is 3.92. The smallest absolute Gasteiger partial charge is 0.109 e. The van der Waals surface area contributed by atoms with E-state index < -0.39 is 0 Å². The Balaban J connectivity index is 3.03. The van der Waals surface area contributed by atoms with Crippen molar-refractivity contribution in [2.24, 2.45) is 4.99 Å². The van der Waals surface area contributed by atoms with Gasteiger partial charge in [0, 0.05) is 14.1 Å². The van der Waals surface area contributed by atoms with Crippen molar-refractivity contribution < 1.29 is 5.21 Å². The van der Waals surface area contributed by atoms with Crippen LogP contribution in [-0.2, 0) is 0 Å². The fourth-order valence-corrected chi connectivity index (χ4v) is 0.167. The van der Waals surface area contributed by atoms with Crippen LogP contribution in [0.5, 0.6) is 0 Å². The number of rotatable bonds is 1. The third kappa shape index (κ3) is 3.43. The van der Waals surface area contributed by atoms with Crippen LogP contribution >= 0.6 is 0 Å². The van der Waals surface area contributed by atoms with Crippen LogP contribution in [0.25, 0.3) is 0 Å². The highest BCUT2D eigenvalue weighted by Crippen LogP contribution is 1.58. The zero-order chi connectivity index (χ0) is 4.99. The van der Waals surface area contributed by atoms with Crippen LogP contribution in [-0.4, -0.2) is 30.7 Å². The fourth-order valence-electron chi connectivity index (χ4n) is 0.167. The second-order valence-electron chi connectivity index (χ2n) is 0.947. The minimum Gasteiger partial charge on any atom is -0.288 e. The second-order valence-corrected chi connectivity index (χ2v) is 0.947. The van der Waals surface area contributed by atoms with Gasteiger partial charge < -0.3 is 0 Å². The van der Waals surface area contributed by atoms with Crippen LogP contribution in [0.1, 0.15) is 0 Å². The highest BCUT2D eigenvalue weighted by Gasteiger charge is 1.69. The summed E-state index contributed by atoms with van der Waals surface area (Å²) in [5.74, 6) is 0. The van der Waals surface area contributed by atoms with E-state index in [2.05, 4.69) is 4.99 Å². The SMILES string of the molecule is C/N=C/N(C)O. The van der Waals surface area contributed by atoms with Gasteiger partial charge in [-0.25, -0.2) is 5.06 Å². The van der Waals surface area contributed by atoms with Gasteiger partial charge in [-0.15, -0.1) is 0 Å². The molecule has 3 heteroatoms. The molecule has 0 saturated heterocycles. The molecule has 0 bridgehead atoms. The Morgan fingerprint density at radius 2 is 2.33 bits per heavy atom. The number of nitrogens with zero attached hydrogens (tertiary/aromatic N) is 2. The maximum atomic E-state index is 8.24. The van der Waals surface area contributed by atoms with E-state index in [0.29, 0.717) is 0 Å². The topological polar surface area (TPSA) is 35.8 Å². The third-order valence-electron chi connectivity index (χ3n) is 0.283. The lowest BCUT2D eigenvalue weighted by molar-refractivity contribution is 0.0199. The molecule has 0 aromatic carbocycles. The molecule has 0 aromatic heterocycles. The van der Waals surface area contributed by atoms with Gasteiger partial charge in [-0.3, -0.25) is 10.2 Å².